The third-order valence-electron chi connectivity index (χ3n) is 3.53. The Morgan fingerprint density at radius 2 is 2.10 bits per heavy atom. The van der Waals surface area contributed by atoms with E-state index in [9.17, 15) is 9.90 Å². The van der Waals surface area contributed by atoms with E-state index in [0.717, 1.165) is 32.7 Å². The number of methoxy groups -OCH3 is 1. The zero-order valence-electron chi connectivity index (χ0n) is 11.6. The van der Waals surface area contributed by atoms with Gasteiger partial charge in [0.25, 0.3) is 0 Å². The second-order valence-corrected chi connectivity index (χ2v) is 4.83. The van der Waals surface area contributed by atoms with E-state index < -0.39 is 5.97 Å². The molecule has 0 spiro atoms. The number of rotatable bonds is 5. The highest BCUT2D eigenvalue weighted by molar-refractivity contribution is 5.89. The average Bonchev–Trinajstić information content (AvgIpc) is 2.47. The lowest BCUT2D eigenvalue weighted by molar-refractivity contribution is 0.0696. The molecule has 0 radical (unpaired) electrons. The fourth-order valence-corrected chi connectivity index (χ4v) is 2.35. The molecule has 2 rings (SSSR count). The third kappa shape index (κ3) is 3.40. The van der Waals surface area contributed by atoms with Crippen molar-refractivity contribution in [3.8, 4) is 11.5 Å². The molecule has 0 unspecified atom stereocenters. The SMILES string of the molecule is COc1cc(C(=O)O)cc(CCN2CCNCC2)c1O. The van der Waals surface area contributed by atoms with Gasteiger partial charge >= 0.3 is 5.97 Å². The molecule has 0 aromatic heterocycles. The van der Waals surface area contributed by atoms with E-state index in [1.807, 2.05) is 0 Å². The van der Waals surface area contributed by atoms with Crippen LogP contribution >= 0.6 is 0 Å². The van der Waals surface area contributed by atoms with Gasteiger partial charge in [0.15, 0.2) is 11.5 Å². The molecule has 6 heteroatoms. The Bertz CT molecular complexity index is 484. The summed E-state index contributed by atoms with van der Waals surface area (Å²) in [6.45, 7) is 4.66. The first-order valence-corrected chi connectivity index (χ1v) is 6.68. The van der Waals surface area contributed by atoms with Crippen molar-refractivity contribution in [2.75, 3.05) is 39.8 Å². The van der Waals surface area contributed by atoms with Crippen molar-refractivity contribution in [1.29, 1.82) is 0 Å². The van der Waals surface area contributed by atoms with E-state index >= 15 is 0 Å². The monoisotopic (exact) mass is 280 g/mol. The molecule has 3 N–H and O–H groups in total. The summed E-state index contributed by atoms with van der Waals surface area (Å²) in [5.74, 6) is -0.778. The van der Waals surface area contributed by atoms with Crippen molar-refractivity contribution in [2.45, 2.75) is 6.42 Å². The Kier molecular flexibility index (Phi) is 4.81. The molecular weight excluding hydrogens is 260 g/mol. The number of hydrogen-bond acceptors (Lipinski definition) is 5. The topological polar surface area (TPSA) is 82.0 Å². The molecule has 0 bridgehead atoms. The highest BCUT2D eigenvalue weighted by atomic mass is 16.5. The second-order valence-electron chi connectivity index (χ2n) is 4.83. The molecule has 1 aliphatic rings. The molecule has 110 valence electrons. The molecule has 0 aliphatic carbocycles. The molecule has 6 nitrogen and oxygen atoms in total. The van der Waals surface area contributed by atoms with Crippen LogP contribution in [0.25, 0.3) is 0 Å². The Labute approximate surface area is 118 Å². The van der Waals surface area contributed by atoms with Gasteiger partial charge in [-0.1, -0.05) is 0 Å². The van der Waals surface area contributed by atoms with Crippen LogP contribution < -0.4 is 10.1 Å². The highest BCUT2D eigenvalue weighted by Crippen LogP contribution is 2.32. The van der Waals surface area contributed by atoms with Crippen molar-refractivity contribution >= 4 is 5.97 Å². The first-order chi connectivity index (χ1) is 9.61. The Balaban J connectivity index is 2.12. The molecule has 1 saturated heterocycles. The zero-order valence-corrected chi connectivity index (χ0v) is 11.6. The lowest BCUT2D eigenvalue weighted by atomic mass is 10.1. The summed E-state index contributed by atoms with van der Waals surface area (Å²) in [5, 5.41) is 22.4. The number of carboxylic acid groups (broad SMARTS) is 1. The van der Waals surface area contributed by atoms with Crippen LogP contribution in [-0.4, -0.2) is 60.9 Å². The van der Waals surface area contributed by atoms with Gasteiger partial charge in [-0.05, 0) is 24.1 Å². The van der Waals surface area contributed by atoms with E-state index in [-0.39, 0.29) is 17.1 Å². The maximum absolute atomic E-state index is 11.1. The predicted molar refractivity (Wildman–Crippen MR) is 74.6 cm³/mol. The van der Waals surface area contributed by atoms with E-state index in [0.29, 0.717) is 12.0 Å². The highest BCUT2D eigenvalue weighted by Gasteiger charge is 2.16. The summed E-state index contributed by atoms with van der Waals surface area (Å²) < 4.78 is 5.03. The standard InChI is InChI=1S/C14H20N2O4/c1-20-12-9-11(14(18)19)8-10(13(12)17)2-5-16-6-3-15-4-7-16/h8-9,15,17H,2-7H2,1H3,(H,18,19). The molecule has 0 amide bonds. The van der Waals surface area contributed by atoms with Crippen molar-refractivity contribution < 1.29 is 19.7 Å². The van der Waals surface area contributed by atoms with Crippen LogP contribution in [0.1, 0.15) is 15.9 Å². The average molecular weight is 280 g/mol. The molecular formula is C14H20N2O4. The maximum atomic E-state index is 11.1. The summed E-state index contributed by atoms with van der Waals surface area (Å²) in [6, 6.07) is 2.86. The Morgan fingerprint density at radius 1 is 1.40 bits per heavy atom. The number of hydrogen-bond donors (Lipinski definition) is 3. The van der Waals surface area contributed by atoms with Crippen molar-refractivity contribution in [2.24, 2.45) is 0 Å². The maximum Gasteiger partial charge on any atom is 0.335 e. The van der Waals surface area contributed by atoms with Gasteiger partial charge in [-0.3, -0.25) is 0 Å². The molecule has 0 saturated carbocycles. The summed E-state index contributed by atoms with van der Waals surface area (Å²) in [5.41, 5.74) is 0.746. The summed E-state index contributed by atoms with van der Waals surface area (Å²) >= 11 is 0. The van der Waals surface area contributed by atoms with Crippen LogP contribution in [0.15, 0.2) is 12.1 Å². The molecule has 1 aromatic carbocycles. The summed E-state index contributed by atoms with van der Waals surface area (Å²) in [6.07, 6.45) is 0.601. The normalized spacial score (nSPS) is 16.1. The first-order valence-electron chi connectivity index (χ1n) is 6.68. The van der Waals surface area contributed by atoms with Crippen LogP contribution in [0.3, 0.4) is 0 Å². The van der Waals surface area contributed by atoms with Crippen LogP contribution in [0, 0.1) is 0 Å². The number of carboxylic acids is 1. The number of aromatic carboxylic acids is 1. The number of benzene rings is 1. The van der Waals surface area contributed by atoms with Gasteiger partial charge in [0.05, 0.1) is 12.7 Å². The minimum absolute atomic E-state index is 0.0348. The van der Waals surface area contributed by atoms with Gasteiger partial charge in [0, 0.05) is 32.7 Å². The van der Waals surface area contributed by atoms with Crippen LogP contribution in [0.5, 0.6) is 11.5 Å². The fraction of sp³-hybridized carbons (Fsp3) is 0.500. The van der Waals surface area contributed by atoms with Crippen molar-refractivity contribution in [1.82, 2.24) is 10.2 Å². The van der Waals surface area contributed by atoms with E-state index in [2.05, 4.69) is 10.2 Å². The summed E-state index contributed by atoms with van der Waals surface area (Å²) in [7, 11) is 1.42. The molecule has 1 aromatic rings. The number of nitrogens with one attached hydrogen (secondary N) is 1. The van der Waals surface area contributed by atoms with E-state index in [4.69, 9.17) is 9.84 Å². The van der Waals surface area contributed by atoms with Crippen molar-refractivity contribution in [3.05, 3.63) is 23.3 Å². The molecule has 0 atom stereocenters. The quantitative estimate of drug-likeness (QED) is 0.730. The van der Waals surface area contributed by atoms with Gasteiger partial charge in [-0.2, -0.15) is 0 Å². The van der Waals surface area contributed by atoms with Gasteiger partial charge in [0.2, 0.25) is 0 Å². The number of piperazine rings is 1. The number of carbonyl (C=O) groups is 1. The van der Waals surface area contributed by atoms with Gasteiger partial charge in [0.1, 0.15) is 0 Å². The number of aromatic hydroxyl groups is 1. The predicted octanol–water partition coefficient (Wildman–Crippen LogP) is 0.547. The van der Waals surface area contributed by atoms with Crippen LogP contribution in [0.2, 0.25) is 0 Å². The number of nitrogens with zero attached hydrogens (tertiary/aromatic N) is 1. The Morgan fingerprint density at radius 3 is 2.70 bits per heavy atom. The van der Waals surface area contributed by atoms with Gasteiger partial charge in [-0.15, -0.1) is 0 Å². The zero-order chi connectivity index (χ0) is 14.5. The first kappa shape index (κ1) is 14.6. The number of ether oxygens (including phenoxy) is 1. The summed E-state index contributed by atoms with van der Waals surface area (Å²) in [4.78, 5) is 13.4. The molecule has 1 fully saturated rings. The minimum atomic E-state index is -1.02. The van der Waals surface area contributed by atoms with Crippen LogP contribution in [-0.2, 0) is 6.42 Å². The van der Waals surface area contributed by atoms with Crippen LogP contribution in [0.4, 0.5) is 0 Å². The molecule has 1 aliphatic heterocycles. The molecule has 1 heterocycles. The lowest BCUT2D eigenvalue weighted by Gasteiger charge is -2.27. The van der Waals surface area contributed by atoms with Gasteiger partial charge in [-0.25, -0.2) is 4.79 Å². The molecule has 20 heavy (non-hydrogen) atoms. The largest absolute Gasteiger partial charge is 0.504 e. The number of phenolic OH excluding ortho intramolecular Hbond substituents is 1. The lowest BCUT2D eigenvalue weighted by Crippen LogP contribution is -2.44. The second kappa shape index (κ2) is 6.58. The van der Waals surface area contributed by atoms with E-state index in [1.54, 1.807) is 0 Å². The fourth-order valence-electron chi connectivity index (χ4n) is 2.35. The van der Waals surface area contributed by atoms with Gasteiger partial charge < -0.3 is 25.2 Å². The Hall–Kier alpha value is -1.79. The van der Waals surface area contributed by atoms with Crippen molar-refractivity contribution in [3.63, 3.8) is 0 Å². The number of phenols is 1. The third-order valence-corrected chi connectivity index (χ3v) is 3.53. The minimum Gasteiger partial charge on any atom is -0.504 e. The smallest absolute Gasteiger partial charge is 0.335 e. The van der Waals surface area contributed by atoms with E-state index in [1.165, 1.54) is 19.2 Å².